The van der Waals surface area contributed by atoms with Crippen LogP contribution in [0.3, 0.4) is 0 Å². The molecule has 2 aliphatic heterocycles. The van der Waals surface area contributed by atoms with Gasteiger partial charge in [0, 0.05) is 14.4 Å². The van der Waals surface area contributed by atoms with Crippen molar-refractivity contribution in [3.8, 4) is 22.3 Å². The Hall–Kier alpha value is -3.75. The van der Waals surface area contributed by atoms with E-state index < -0.39 is 0 Å². The molecule has 0 spiro atoms. The summed E-state index contributed by atoms with van der Waals surface area (Å²) in [5.41, 5.74) is 21.3. The van der Waals surface area contributed by atoms with Gasteiger partial charge in [0.05, 0.1) is 31.8 Å². The van der Waals surface area contributed by atoms with Crippen molar-refractivity contribution in [2.75, 3.05) is 26.4 Å². The van der Waals surface area contributed by atoms with Gasteiger partial charge in [-0.05, 0) is 139 Å². The summed E-state index contributed by atoms with van der Waals surface area (Å²) in [4.78, 5) is 0. The van der Waals surface area contributed by atoms with E-state index >= 15 is 0 Å². The fraction of sp³-hybridized carbons (Fsp3) is 0.250. The topological polar surface area (TPSA) is 36.9 Å². The van der Waals surface area contributed by atoms with Gasteiger partial charge < -0.3 is 18.6 Å². The Kier molecular flexibility index (Phi) is 8.48. The molecule has 0 bridgehead atoms. The average Bonchev–Trinajstić information content (AvgIpc) is 4.00. The molecule has 0 saturated carbocycles. The summed E-state index contributed by atoms with van der Waals surface area (Å²) in [7, 11) is -0.471. The fourth-order valence-corrected chi connectivity index (χ4v) is 10.8. The molecule has 0 unspecified atom stereocenters. The van der Waals surface area contributed by atoms with Crippen LogP contribution in [0.1, 0.15) is 69.5 Å². The van der Waals surface area contributed by atoms with Gasteiger partial charge in [-0.2, -0.15) is 0 Å². The molecule has 0 amide bonds. The van der Waals surface area contributed by atoms with Crippen LogP contribution in [0, 0.1) is 0 Å². The highest BCUT2D eigenvalue weighted by Gasteiger charge is 2.47. The minimum atomic E-state index is -0.298. The van der Waals surface area contributed by atoms with Crippen LogP contribution in [0.4, 0.5) is 0 Å². The third-order valence-corrected chi connectivity index (χ3v) is 14.2. The highest BCUT2D eigenvalue weighted by molar-refractivity contribution is 9.10. The molecule has 6 aliphatic rings. The molecule has 56 heavy (non-hydrogen) atoms. The van der Waals surface area contributed by atoms with Crippen LogP contribution in [-0.4, -0.2) is 40.7 Å². The summed E-state index contributed by atoms with van der Waals surface area (Å²) < 4.78 is 25.0. The number of fused-ring (bicyclic) bond motifs is 8. The molecule has 0 atom stereocenters. The van der Waals surface area contributed by atoms with Crippen LogP contribution in [0.2, 0.25) is 0 Å². The lowest BCUT2D eigenvalue weighted by Crippen LogP contribution is -2.33. The normalized spacial score (nSPS) is 18.4. The molecule has 4 aliphatic carbocycles. The molecule has 0 radical (unpaired) electrons. The Morgan fingerprint density at radius 1 is 0.429 bits per heavy atom. The van der Waals surface area contributed by atoms with Crippen molar-refractivity contribution in [3.05, 3.63) is 174 Å². The van der Waals surface area contributed by atoms with Gasteiger partial charge >= 0.3 is 14.2 Å². The zero-order valence-corrected chi connectivity index (χ0v) is 34.8. The van der Waals surface area contributed by atoms with Gasteiger partial charge in [-0.3, -0.25) is 0 Å². The van der Waals surface area contributed by atoms with Gasteiger partial charge in [0.25, 0.3) is 0 Å². The minimum absolute atomic E-state index is 0.0755. The van der Waals surface area contributed by atoms with Crippen molar-refractivity contribution < 1.29 is 18.6 Å². The van der Waals surface area contributed by atoms with E-state index in [0.29, 0.717) is 26.4 Å². The van der Waals surface area contributed by atoms with E-state index in [-0.39, 0.29) is 25.1 Å². The predicted octanol–water partition coefficient (Wildman–Crippen LogP) is 9.25. The molecule has 6 aromatic carbocycles. The number of hydrogen-bond acceptors (Lipinski definition) is 4. The van der Waals surface area contributed by atoms with Crippen molar-refractivity contribution in [1.82, 2.24) is 0 Å². The predicted molar refractivity (Wildman–Crippen MR) is 233 cm³/mol. The number of benzene rings is 6. The molecular weight excluding hydrogens is 822 g/mol. The van der Waals surface area contributed by atoms with E-state index in [9.17, 15) is 0 Å². The maximum atomic E-state index is 5.68. The standard InChI is InChI=1S/C29H20Br2.C19H20B2O4/c30-23-9-11-25-26-12-10-24(31)16-28(26)29(27(25)15-23,21-7-5-17-1-3-19(17)13-21)22-8-6-18-2-4-20(18)14-22;1-19(2)17-11-13(20-22-7-8-23-20)3-5-15(17)16-6-4-14(12-18(16)19)21-24-9-10-25-21/h5-16H,1-4H2;3-6,11-12H,7-10H2,1-2H3. The molecule has 0 aromatic heterocycles. The fourth-order valence-electron chi connectivity index (χ4n) is 10.1. The Morgan fingerprint density at radius 3 is 1.21 bits per heavy atom. The smallest absolute Gasteiger partial charge is 0.405 e. The average molecular weight is 862 g/mol. The first kappa shape index (κ1) is 35.4. The largest absolute Gasteiger partial charge is 0.494 e. The van der Waals surface area contributed by atoms with E-state index in [1.54, 1.807) is 0 Å². The van der Waals surface area contributed by atoms with Crippen LogP contribution in [-0.2, 0) is 55.1 Å². The zero-order chi connectivity index (χ0) is 37.8. The summed E-state index contributed by atoms with van der Waals surface area (Å²) in [6, 6.07) is 41.2. The number of halogens is 2. The van der Waals surface area contributed by atoms with Gasteiger partial charge in [0.15, 0.2) is 0 Å². The van der Waals surface area contributed by atoms with Crippen molar-refractivity contribution in [1.29, 1.82) is 0 Å². The monoisotopic (exact) mass is 860 g/mol. The van der Waals surface area contributed by atoms with Gasteiger partial charge in [-0.25, -0.2) is 0 Å². The molecule has 2 saturated heterocycles. The summed E-state index contributed by atoms with van der Waals surface area (Å²) in [6.07, 6.45) is 4.82. The SMILES string of the molecule is Brc1ccc2c(c1)C(c1ccc3c(c1)CC3)(c1ccc3c(c1)CC3)c1cc(Br)ccc1-2.CC1(C)c2cc(B3OCCO3)ccc2-c2ccc(B3OCCO3)cc21. The first-order chi connectivity index (χ1) is 27.3. The highest BCUT2D eigenvalue weighted by atomic mass is 79.9. The Morgan fingerprint density at radius 2 is 0.821 bits per heavy atom. The Balaban J connectivity index is 0.000000133. The van der Waals surface area contributed by atoms with Gasteiger partial charge in [-0.1, -0.05) is 131 Å². The van der Waals surface area contributed by atoms with Crippen LogP contribution >= 0.6 is 31.9 Å². The van der Waals surface area contributed by atoms with E-state index in [1.807, 2.05) is 0 Å². The number of rotatable bonds is 4. The summed E-state index contributed by atoms with van der Waals surface area (Å²) in [5, 5.41) is 0. The molecule has 8 heteroatoms. The second-order valence-corrected chi connectivity index (χ2v) is 18.3. The Labute approximate surface area is 346 Å². The number of hydrogen-bond donors (Lipinski definition) is 0. The molecule has 6 aromatic rings. The first-order valence-electron chi connectivity index (χ1n) is 19.9. The van der Waals surface area contributed by atoms with Crippen LogP contribution in [0.5, 0.6) is 0 Å². The quantitative estimate of drug-likeness (QED) is 0.166. The van der Waals surface area contributed by atoms with Crippen molar-refractivity contribution >= 4 is 57.0 Å². The van der Waals surface area contributed by atoms with Gasteiger partial charge in [0.1, 0.15) is 0 Å². The summed E-state index contributed by atoms with van der Waals surface area (Å²) in [5.74, 6) is 0. The van der Waals surface area contributed by atoms with E-state index in [0.717, 1.165) is 19.9 Å². The molecular formula is C48H40B2Br2O4. The third-order valence-electron chi connectivity index (χ3n) is 13.2. The molecule has 0 N–H and O–H groups in total. The molecule has 2 fully saturated rings. The maximum Gasteiger partial charge on any atom is 0.494 e. The third kappa shape index (κ3) is 5.40. The maximum absolute atomic E-state index is 5.68. The lowest BCUT2D eigenvalue weighted by atomic mass is 9.65. The second kappa shape index (κ2) is 13.4. The number of aryl methyl sites for hydroxylation is 4. The zero-order valence-electron chi connectivity index (χ0n) is 31.6. The lowest BCUT2D eigenvalue weighted by molar-refractivity contribution is 0.365. The minimum Gasteiger partial charge on any atom is -0.405 e. The summed E-state index contributed by atoms with van der Waals surface area (Å²) >= 11 is 7.57. The van der Waals surface area contributed by atoms with E-state index in [2.05, 4.69) is 155 Å². The van der Waals surface area contributed by atoms with Crippen LogP contribution in [0.15, 0.2) is 118 Å². The Bertz CT molecular complexity index is 2410. The molecule has 2 heterocycles. The molecule has 276 valence electrons. The van der Waals surface area contributed by atoms with E-state index in [1.165, 1.54) is 104 Å². The highest BCUT2D eigenvalue weighted by Crippen LogP contribution is 2.58. The van der Waals surface area contributed by atoms with Crippen LogP contribution in [0.25, 0.3) is 22.3 Å². The van der Waals surface area contributed by atoms with Crippen molar-refractivity contribution in [2.45, 2.75) is 50.4 Å². The lowest BCUT2D eigenvalue weighted by Gasteiger charge is -2.36. The van der Waals surface area contributed by atoms with Gasteiger partial charge in [-0.15, -0.1) is 0 Å². The van der Waals surface area contributed by atoms with Crippen molar-refractivity contribution in [2.24, 2.45) is 0 Å². The molecule has 12 rings (SSSR count). The van der Waals surface area contributed by atoms with Gasteiger partial charge in [0.2, 0.25) is 0 Å². The van der Waals surface area contributed by atoms with Crippen molar-refractivity contribution in [3.63, 3.8) is 0 Å². The molecule has 4 nitrogen and oxygen atoms in total. The van der Waals surface area contributed by atoms with Crippen LogP contribution < -0.4 is 10.9 Å². The first-order valence-corrected chi connectivity index (χ1v) is 21.5. The van der Waals surface area contributed by atoms with E-state index in [4.69, 9.17) is 18.6 Å². The second-order valence-electron chi connectivity index (χ2n) is 16.5. The summed E-state index contributed by atoms with van der Waals surface area (Å²) in [6.45, 7) is 7.20.